The van der Waals surface area contributed by atoms with Crippen LogP contribution < -0.4 is 10.5 Å². The van der Waals surface area contributed by atoms with Gasteiger partial charge in [-0.3, -0.25) is 4.79 Å². The summed E-state index contributed by atoms with van der Waals surface area (Å²) in [4.78, 5) is 14.2. The van der Waals surface area contributed by atoms with Crippen LogP contribution >= 0.6 is 0 Å². The van der Waals surface area contributed by atoms with Gasteiger partial charge in [0.05, 0.1) is 11.8 Å². The molecule has 2 rings (SSSR count). The fourth-order valence-electron chi connectivity index (χ4n) is 2.99. The summed E-state index contributed by atoms with van der Waals surface area (Å²) in [7, 11) is -3.20. The van der Waals surface area contributed by atoms with E-state index >= 15 is 0 Å². The van der Waals surface area contributed by atoms with Gasteiger partial charge in [-0.25, -0.2) is 13.1 Å². The van der Waals surface area contributed by atoms with E-state index in [2.05, 4.69) is 4.72 Å². The smallest absolute Gasteiger partial charge is 0.239 e. The Morgan fingerprint density at radius 1 is 1.29 bits per heavy atom. The van der Waals surface area contributed by atoms with Crippen LogP contribution in [0, 0.1) is 0 Å². The van der Waals surface area contributed by atoms with E-state index in [0.29, 0.717) is 38.8 Å². The Kier molecular flexibility index (Phi) is 6.77. The van der Waals surface area contributed by atoms with Crippen molar-refractivity contribution in [3.63, 3.8) is 0 Å². The third kappa shape index (κ3) is 5.58. The standard InChI is InChI=1S/C17H27N3O3S/c1-2-12-24(22,23)19-15-8-10-20(11-9-15)17(21)16(18)13-14-6-4-3-5-7-14/h3-7,15-16,19H,2,8-13,18H2,1H3. The SMILES string of the molecule is CCCS(=O)(=O)NC1CCN(C(=O)C(N)Cc2ccccc2)CC1. The normalized spacial score (nSPS) is 17.7. The largest absolute Gasteiger partial charge is 0.341 e. The molecule has 1 fully saturated rings. The number of sulfonamides is 1. The number of carbonyl (C=O) groups excluding carboxylic acids is 1. The molecule has 0 radical (unpaired) electrons. The van der Waals surface area contributed by atoms with Gasteiger partial charge in [-0.15, -0.1) is 0 Å². The van der Waals surface area contributed by atoms with Crippen LogP contribution in [-0.4, -0.2) is 50.2 Å². The topological polar surface area (TPSA) is 92.5 Å². The number of hydrogen-bond donors (Lipinski definition) is 2. The van der Waals surface area contributed by atoms with Gasteiger partial charge in [-0.05, 0) is 31.2 Å². The Bertz CT molecular complexity index is 626. The van der Waals surface area contributed by atoms with Crippen LogP contribution in [0.3, 0.4) is 0 Å². The molecule has 1 aromatic rings. The maximum absolute atomic E-state index is 12.5. The molecular weight excluding hydrogens is 326 g/mol. The highest BCUT2D eigenvalue weighted by atomic mass is 32.2. The summed E-state index contributed by atoms with van der Waals surface area (Å²) in [6.07, 6.45) is 2.38. The van der Waals surface area contributed by atoms with Gasteiger partial charge in [0.1, 0.15) is 0 Å². The molecule has 24 heavy (non-hydrogen) atoms. The first-order valence-electron chi connectivity index (χ1n) is 8.49. The predicted molar refractivity (Wildman–Crippen MR) is 94.9 cm³/mol. The third-order valence-electron chi connectivity index (χ3n) is 4.24. The Hall–Kier alpha value is -1.44. The number of hydrogen-bond acceptors (Lipinski definition) is 4. The van der Waals surface area contributed by atoms with E-state index < -0.39 is 16.1 Å². The van der Waals surface area contributed by atoms with Gasteiger partial charge in [0.2, 0.25) is 15.9 Å². The number of nitrogens with two attached hydrogens (primary N) is 1. The van der Waals surface area contributed by atoms with Gasteiger partial charge in [0, 0.05) is 19.1 Å². The summed E-state index contributed by atoms with van der Waals surface area (Å²) >= 11 is 0. The number of nitrogens with zero attached hydrogens (tertiary/aromatic N) is 1. The molecule has 1 heterocycles. The summed E-state index contributed by atoms with van der Waals surface area (Å²) < 4.78 is 26.4. The van der Waals surface area contributed by atoms with Gasteiger partial charge < -0.3 is 10.6 Å². The van der Waals surface area contributed by atoms with Crippen molar-refractivity contribution in [2.24, 2.45) is 5.73 Å². The lowest BCUT2D eigenvalue weighted by Crippen LogP contribution is -2.51. The highest BCUT2D eigenvalue weighted by Crippen LogP contribution is 2.14. The number of amides is 1. The van der Waals surface area contributed by atoms with E-state index in [1.807, 2.05) is 37.3 Å². The second-order valence-corrected chi connectivity index (χ2v) is 8.21. The monoisotopic (exact) mass is 353 g/mol. The highest BCUT2D eigenvalue weighted by Gasteiger charge is 2.28. The van der Waals surface area contributed by atoms with Gasteiger partial charge >= 0.3 is 0 Å². The molecule has 1 amide bonds. The minimum Gasteiger partial charge on any atom is -0.341 e. The first kappa shape index (κ1) is 18.9. The van der Waals surface area contributed by atoms with Crippen molar-refractivity contribution in [2.45, 2.75) is 44.7 Å². The molecule has 1 aliphatic heterocycles. The van der Waals surface area contributed by atoms with E-state index in [1.165, 1.54) is 0 Å². The zero-order chi connectivity index (χ0) is 17.6. The molecule has 134 valence electrons. The van der Waals surface area contributed by atoms with Crippen LogP contribution in [0.25, 0.3) is 0 Å². The number of benzene rings is 1. The molecule has 1 saturated heterocycles. The summed E-state index contributed by atoms with van der Waals surface area (Å²) in [5.41, 5.74) is 7.10. The maximum Gasteiger partial charge on any atom is 0.239 e. The van der Waals surface area contributed by atoms with Crippen molar-refractivity contribution < 1.29 is 13.2 Å². The summed E-state index contributed by atoms with van der Waals surface area (Å²) in [5, 5.41) is 0. The molecule has 1 atom stereocenters. The number of carbonyl (C=O) groups is 1. The molecule has 1 aromatic carbocycles. The van der Waals surface area contributed by atoms with E-state index in [0.717, 1.165) is 5.56 Å². The molecule has 0 spiro atoms. The lowest BCUT2D eigenvalue weighted by molar-refractivity contribution is -0.133. The number of piperidine rings is 1. The number of nitrogens with one attached hydrogen (secondary N) is 1. The number of rotatable bonds is 7. The summed E-state index contributed by atoms with van der Waals surface area (Å²) in [6, 6.07) is 9.07. The molecule has 3 N–H and O–H groups in total. The number of likely N-dealkylation sites (tertiary alicyclic amines) is 1. The minimum absolute atomic E-state index is 0.0614. The van der Waals surface area contributed by atoms with E-state index in [9.17, 15) is 13.2 Å². The van der Waals surface area contributed by atoms with Crippen LogP contribution in [0.5, 0.6) is 0 Å². The summed E-state index contributed by atoms with van der Waals surface area (Å²) in [6.45, 7) is 2.93. The Morgan fingerprint density at radius 3 is 2.50 bits per heavy atom. The van der Waals surface area contributed by atoms with Crippen molar-refractivity contribution in [1.29, 1.82) is 0 Å². The molecule has 0 bridgehead atoms. The van der Waals surface area contributed by atoms with Crippen molar-refractivity contribution in [3.8, 4) is 0 Å². The van der Waals surface area contributed by atoms with Gasteiger partial charge in [-0.1, -0.05) is 37.3 Å². The first-order chi connectivity index (χ1) is 11.4. The van der Waals surface area contributed by atoms with Gasteiger partial charge in [0.15, 0.2) is 0 Å². The highest BCUT2D eigenvalue weighted by molar-refractivity contribution is 7.89. The Labute approximate surface area is 144 Å². The molecule has 0 saturated carbocycles. The van der Waals surface area contributed by atoms with E-state index in [-0.39, 0.29) is 17.7 Å². The fraction of sp³-hybridized carbons (Fsp3) is 0.588. The molecule has 0 aliphatic carbocycles. The average Bonchev–Trinajstić information content (AvgIpc) is 2.55. The lowest BCUT2D eigenvalue weighted by Gasteiger charge is -2.33. The lowest BCUT2D eigenvalue weighted by atomic mass is 10.0. The second-order valence-electron chi connectivity index (χ2n) is 6.33. The quantitative estimate of drug-likeness (QED) is 0.761. The van der Waals surface area contributed by atoms with Crippen molar-refractivity contribution in [1.82, 2.24) is 9.62 Å². The van der Waals surface area contributed by atoms with Crippen LogP contribution in [0.15, 0.2) is 30.3 Å². The van der Waals surface area contributed by atoms with Crippen LogP contribution in [-0.2, 0) is 21.2 Å². The molecule has 7 heteroatoms. The van der Waals surface area contributed by atoms with Gasteiger partial charge in [-0.2, -0.15) is 0 Å². The zero-order valence-corrected chi connectivity index (χ0v) is 15.0. The summed E-state index contributed by atoms with van der Waals surface area (Å²) in [5.74, 6) is 0.0855. The van der Waals surface area contributed by atoms with E-state index in [1.54, 1.807) is 4.90 Å². The van der Waals surface area contributed by atoms with Crippen LogP contribution in [0.2, 0.25) is 0 Å². The maximum atomic E-state index is 12.5. The van der Waals surface area contributed by atoms with Crippen molar-refractivity contribution >= 4 is 15.9 Å². The van der Waals surface area contributed by atoms with Crippen LogP contribution in [0.1, 0.15) is 31.7 Å². The zero-order valence-electron chi connectivity index (χ0n) is 14.1. The predicted octanol–water partition coefficient (Wildman–Crippen LogP) is 0.877. The molecule has 0 aromatic heterocycles. The van der Waals surface area contributed by atoms with E-state index in [4.69, 9.17) is 5.73 Å². The second kappa shape index (κ2) is 8.60. The van der Waals surface area contributed by atoms with Crippen molar-refractivity contribution in [2.75, 3.05) is 18.8 Å². The Balaban J connectivity index is 1.82. The molecule has 1 aliphatic rings. The fourth-order valence-corrected chi connectivity index (χ4v) is 4.39. The van der Waals surface area contributed by atoms with Crippen molar-refractivity contribution in [3.05, 3.63) is 35.9 Å². The third-order valence-corrected chi connectivity index (χ3v) is 5.88. The van der Waals surface area contributed by atoms with Gasteiger partial charge in [0.25, 0.3) is 0 Å². The molecule has 1 unspecified atom stereocenters. The van der Waals surface area contributed by atoms with Crippen LogP contribution in [0.4, 0.5) is 0 Å². The first-order valence-corrected chi connectivity index (χ1v) is 10.1. The molecular formula is C17H27N3O3S. The Morgan fingerprint density at radius 2 is 1.92 bits per heavy atom. The minimum atomic E-state index is -3.20. The molecule has 6 nitrogen and oxygen atoms in total. The average molecular weight is 353 g/mol.